The van der Waals surface area contributed by atoms with E-state index in [0.717, 1.165) is 20.9 Å². The largest absolute Gasteiger partial charge is 0.497 e. The Morgan fingerprint density at radius 3 is 2.32 bits per heavy atom. The van der Waals surface area contributed by atoms with Crippen molar-refractivity contribution in [1.29, 1.82) is 0 Å². The summed E-state index contributed by atoms with van der Waals surface area (Å²) in [4.78, 5) is 25.3. The zero-order valence-electron chi connectivity index (χ0n) is 16.9. The van der Waals surface area contributed by atoms with Gasteiger partial charge in [0.15, 0.2) is 11.6 Å². The molecule has 0 fully saturated rings. The molecule has 0 N–H and O–H groups in total. The zero-order chi connectivity index (χ0) is 21.8. The second-order valence-electron chi connectivity index (χ2n) is 7.09. The number of Topliss-reactive ketones (excluding diaryl/α,β-unsaturated/α-hetero) is 1. The van der Waals surface area contributed by atoms with Crippen LogP contribution in [0.2, 0.25) is 0 Å². The van der Waals surface area contributed by atoms with Crippen LogP contribution in [0.4, 0.5) is 0 Å². The molecule has 0 spiro atoms. The molecule has 3 aromatic carbocycles. The monoisotopic (exact) mass is 473 g/mol. The van der Waals surface area contributed by atoms with Crippen molar-refractivity contribution in [3.05, 3.63) is 106 Å². The normalized spacial score (nSPS) is 11.2. The lowest BCUT2D eigenvalue weighted by Gasteiger charge is -2.06. The van der Waals surface area contributed by atoms with E-state index in [4.69, 9.17) is 4.74 Å². The van der Waals surface area contributed by atoms with Gasteiger partial charge < -0.3 is 9.30 Å². The average Bonchev–Trinajstić information content (AvgIpc) is 3.15. The first kappa shape index (κ1) is 20.8. The van der Waals surface area contributed by atoms with E-state index >= 15 is 0 Å². The van der Waals surface area contributed by atoms with Crippen LogP contribution in [0.25, 0.3) is 17.0 Å². The van der Waals surface area contributed by atoms with E-state index in [0.29, 0.717) is 16.9 Å². The first-order valence-corrected chi connectivity index (χ1v) is 10.6. The Hall–Kier alpha value is -3.44. The van der Waals surface area contributed by atoms with Crippen LogP contribution in [0.3, 0.4) is 0 Å². The third-order valence-corrected chi connectivity index (χ3v) is 5.62. The number of fused-ring (bicyclic) bond motifs is 1. The number of rotatable bonds is 7. The van der Waals surface area contributed by atoms with Crippen molar-refractivity contribution in [2.45, 2.75) is 6.54 Å². The highest BCUT2D eigenvalue weighted by Crippen LogP contribution is 2.24. The molecule has 0 aliphatic rings. The molecule has 4 rings (SSSR count). The number of carbonyl (C=O) groups excluding carboxylic acids is 2. The number of ketones is 2. The highest BCUT2D eigenvalue weighted by molar-refractivity contribution is 9.10. The number of ether oxygens (including phenoxy) is 1. The van der Waals surface area contributed by atoms with Crippen LogP contribution < -0.4 is 4.74 Å². The predicted octanol–water partition coefficient (Wildman–Crippen LogP) is 6.19. The number of methoxy groups -OCH3 is 1. The van der Waals surface area contributed by atoms with Crippen LogP contribution in [0, 0.1) is 0 Å². The summed E-state index contributed by atoms with van der Waals surface area (Å²) in [6.45, 7) is 0.210. The summed E-state index contributed by atoms with van der Waals surface area (Å²) in [5, 5.41) is 0.991. The summed E-state index contributed by atoms with van der Waals surface area (Å²) in [6, 6.07) is 22.2. The lowest BCUT2D eigenvalue weighted by atomic mass is 10.1. The molecule has 1 aromatic heterocycles. The van der Waals surface area contributed by atoms with Crippen LogP contribution in [0.1, 0.15) is 26.3 Å². The maximum absolute atomic E-state index is 12.8. The minimum Gasteiger partial charge on any atom is -0.497 e. The molecule has 0 bridgehead atoms. The van der Waals surface area contributed by atoms with Crippen molar-refractivity contribution in [3.8, 4) is 5.75 Å². The number of aromatic nitrogens is 1. The van der Waals surface area contributed by atoms with Gasteiger partial charge in [0.2, 0.25) is 0 Å². The number of benzene rings is 3. The van der Waals surface area contributed by atoms with Crippen molar-refractivity contribution in [2.75, 3.05) is 7.11 Å². The van der Waals surface area contributed by atoms with Gasteiger partial charge in [-0.2, -0.15) is 0 Å². The summed E-state index contributed by atoms with van der Waals surface area (Å²) < 4.78 is 8.01. The number of nitrogens with zero attached hydrogens (tertiary/aromatic N) is 1. The van der Waals surface area contributed by atoms with E-state index in [1.807, 2.05) is 47.2 Å². The van der Waals surface area contributed by atoms with Gasteiger partial charge in [-0.15, -0.1) is 0 Å². The number of allylic oxidation sites excluding steroid dienone is 1. The minimum absolute atomic E-state index is 0.00451. The van der Waals surface area contributed by atoms with E-state index in [1.165, 1.54) is 0 Å². The zero-order valence-corrected chi connectivity index (χ0v) is 18.5. The third kappa shape index (κ3) is 4.67. The number of hydrogen-bond acceptors (Lipinski definition) is 3. The summed E-state index contributed by atoms with van der Waals surface area (Å²) in [5.74, 6) is 0.648. The number of hydrogen-bond donors (Lipinski definition) is 0. The minimum atomic E-state index is -0.0707. The van der Waals surface area contributed by atoms with Crippen LogP contribution in [0.15, 0.2) is 89.5 Å². The van der Waals surface area contributed by atoms with Gasteiger partial charge in [0.1, 0.15) is 5.75 Å². The van der Waals surface area contributed by atoms with Crippen LogP contribution in [-0.2, 0) is 6.54 Å². The van der Waals surface area contributed by atoms with Crippen LogP contribution in [-0.4, -0.2) is 23.2 Å². The van der Waals surface area contributed by atoms with Gasteiger partial charge in [0, 0.05) is 38.3 Å². The first-order chi connectivity index (χ1) is 15.0. The summed E-state index contributed by atoms with van der Waals surface area (Å²) in [5.41, 5.74) is 3.09. The summed E-state index contributed by atoms with van der Waals surface area (Å²) in [6.07, 6.45) is 5.29. The Labute approximate surface area is 188 Å². The highest BCUT2D eigenvalue weighted by atomic mass is 79.9. The second-order valence-corrected chi connectivity index (χ2v) is 8.00. The fourth-order valence-corrected chi connectivity index (χ4v) is 3.70. The molecule has 31 heavy (non-hydrogen) atoms. The van der Waals surface area contributed by atoms with Gasteiger partial charge in [-0.3, -0.25) is 9.59 Å². The van der Waals surface area contributed by atoms with Gasteiger partial charge in [-0.05, 0) is 66.7 Å². The molecule has 4 nitrogen and oxygen atoms in total. The predicted molar refractivity (Wildman–Crippen MR) is 127 cm³/mol. The van der Waals surface area contributed by atoms with E-state index in [1.54, 1.807) is 55.7 Å². The maximum Gasteiger partial charge on any atom is 0.185 e. The van der Waals surface area contributed by atoms with Gasteiger partial charge in [0.05, 0.1) is 13.7 Å². The molecule has 0 radical (unpaired) electrons. The lowest BCUT2D eigenvalue weighted by molar-refractivity contribution is 0.0972. The van der Waals surface area contributed by atoms with Crippen molar-refractivity contribution >= 4 is 44.5 Å². The quantitative estimate of drug-likeness (QED) is 0.237. The summed E-state index contributed by atoms with van der Waals surface area (Å²) in [7, 11) is 1.60. The molecule has 0 unspecified atom stereocenters. The molecular weight excluding hydrogens is 454 g/mol. The lowest BCUT2D eigenvalue weighted by Crippen LogP contribution is -2.09. The smallest absolute Gasteiger partial charge is 0.185 e. The SMILES string of the molecule is COc1ccc(C(=O)Cn2cc(/C=C/C(=O)c3ccc(Br)cc3)c3ccccc32)cc1. The van der Waals surface area contributed by atoms with Crippen molar-refractivity contribution in [1.82, 2.24) is 4.57 Å². The van der Waals surface area contributed by atoms with Crippen LogP contribution in [0.5, 0.6) is 5.75 Å². The molecular formula is C26H20BrNO3. The van der Waals surface area contributed by atoms with Gasteiger partial charge in [0.25, 0.3) is 0 Å². The number of para-hydroxylation sites is 1. The van der Waals surface area contributed by atoms with E-state index in [-0.39, 0.29) is 18.1 Å². The third-order valence-electron chi connectivity index (χ3n) is 5.09. The highest BCUT2D eigenvalue weighted by Gasteiger charge is 2.12. The topological polar surface area (TPSA) is 48.3 Å². The Morgan fingerprint density at radius 2 is 1.61 bits per heavy atom. The molecule has 1 heterocycles. The fraction of sp³-hybridized carbons (Fsp3) is 0.0769. The molecule has 0 atom stereocenters. The number of halogens is 1. The molecule has 0 aliphatic heterocycles. The van der Waals surface area contributed by atoms with Crippen molar-refractivity contribution in [2.24, 2.45) is 0 Å². The maximum atomic E-state index is 12.8. The Bertz CT molecular complexity index is 1270. The molecule has 0 aliphatic carbocycles. The van der Waals surface area contributed by atoms with Crippen LogP contribution >= 0.6 is 15.9 Å². The molecule has 154 valence electrons. The molecule has 5 heteroatoms. The van der Waals surface area contributed by atoms with Crippen molar-refractivity contribution < 1.29 is 14.3 Å². The molecule has 0 saturated heterocycles. The van der Waals surface area contributed by atoms with Gasteiger partial charge in [-0.1, -0.05) is 34.1 Å². The Morgan fingerprint density at radius 1 is 0.935 bits per heavy atom. The fourth-order valence-electron chi connectivity index (χ4n) is 3.44. The summed E-state index contributed by atoms with van der Waals surface area (Å²) >= 11 is 3.38. The van der Waals surface area contributed by atoms with Crippen molar-refractivity contribution in [3.63, 3.8) is 0 Å². The van der Waals surface area contributed by atoms with Gasteiger partial charge >= 0.3 is 0 Å². The van der Waals surface area contributed by atoms with E-state index in [2.05, 4.69) is 15.9 Å². The second kappa shape index (κ2) is 9.14. The molecule has 0 saturated carbocycles. The number of carbonyl (C=O) groups is 2. The Balaban J connectivity index is 1.60. The average molecular weight is 474 g/mol. The standard InChI is InChI=1S/C26H20BrNO3/c1-31-22-13-8-19(9-14-22)26(30)17-28-16-20(23-4-2-3-5-24(23)28)10-15-25(29)18-6-11-21(27)12-7-18/h2-16H,17H2,1H3/b15-10+. The van der Waals surface area contributed by atoms with E-state index < -0.39 is 0 Å². The molecule has 0 amide bonds. The molecule has 4 aromatic rings. The first-order valence-electron chi connectivity index (χ1n) is 9.78. The Kier molecular flexibility index (Phi) is 6.14. The van der Waals surface area contributed by atoms with E-state index in [9.17, 15) is 9.59 Å². The van der Waals surface area contributed by atoms with Gasteiger partial charge in [-0.25, -0.2) is 0 Å².